The Morgan fingerprint density at radius 2 is 1.95 bits per heavy atom. The maximum Gasteiger partial charge on any atom is 0.127 e. The zero-order valence-electron chi connectivity index (χ0n) is 12.3. The van der Waals surface area contributed by atoms with Crippen molar-refractivity contribution in [3.05, 3.63) is 57.7 Å². The molecule has 1 N–H and O–H groups in total. The summed E-state index contributed by atoms with van der Waals surface area (Å²) in [6.07, 6.45) is 2.39. The highest BCUT2D eigenvalue weighted by Crippen LogP contribution is 2.34. The smallest absolute Gasteiger partial charge is 0.127 e. The minimum atomic E-state index is 0.365. The van der Waals surface area contributed by atoms with E-state index >= 15 is 0 Å². The van der Waals surface area contributed by atoms with Gasteiger partial charge in [0.05, 0.1) is 18.3 Å². The Bertz CT molecular complexity index is 706. The minimum Gasteiger partial charge on any atom is -0.324 e. The van der Waals surface area contributed by atoms with E-state index in [4.69, 9.17) is 4.99 Å². The van der Waals surface area contributed by atoms with Gasteiger partial charge in [0.15, 0.2) is 0 Å². The highest BCUT2D eigenvalue weighted by molar-refractivity contribution is 14.1. The van der Waals surface area contributed by atoms with Gasteiger partial charge in [0.25, 0.3) is 0 Å². The largest absolute Gasteiger partial charge is 0.324 e. The molecular weight excluding hydrogens is 385 g/mol. The molecule has 2 aromatic rings. The van der Waals surface area contributed by atoms with Gasteiger partial charge in [-0.3, -0.25) is 0 Å². The van der Waals surface area contributed by atoms with Crippen molar-refractivity contribution in [1.29, 1.82) is 0 Å². The lowest BCUT2D eigenvalue weighted by Crippen LogP contribution is -2.45. The molecule has 0 aliphatic carbocycles. The molecule has 1 atom stereocenters. The van der Waals surface area contributed by atoms with Gasteiger partial charge in [-0.2, -0.15) is 0 Å². The number of anilines is 1. The van der Waals surface area contributed by atoms with Crippen molar-refractivity contribution in [3.8, 4) is 0 Å². The second-order valence-corrected chi connectivity index (χ2v) is 6.95. The third-order valence-electron chi connectivity index (χ3n) is 4.34. The van der Waals surface area contributed by atoms with Crippen molar-refractivity contribution < 1.29 is 0 Å². The van der Waals surface area contributed by atoms with Crippen LogP contribution in [0.25, 0.3) is 0 Å². The predicted octanol–water partition coefficient (Wildman–Crippen LogP) is 4.09. The maximum atomic E-state index is 5.06. The summed E-state index contributed by atoms with van der Waals surface area (Å²) in [5.74, 6) is 1.17. The first-order valence-corrected chi connectivity index (χ1v) is 8.83. The van der Waals surface area contributed by atoms with Gasteiger partial charge < -0.3 is 10.2 Å². The van der Waals surface area contributed by atoms with E-state index in [0.717, 1.165) is 18.8 Å². The van der Waals surface area contributed by atoms with Crippen molar-refractivity contribution in [2.45, 2.75) is 25.4 Å². The zero-order valence-corrected chi connectivity index (χ0v) is 14.5. The van der Waals surface area contributed by atoms with Gasteiger partial charge in [-0.05, 0) is 65.7 Å². The molecule has 2 aliphatic heterocycles. The fourth-order valence-corrected chi connectivity index (χ4v) is 3.92. The molecule has 0 saturated carbocycles. The monoisotopic (exact) mass is 403 g/mol. The van der Waals surface area contributed by atoms with Crippen molar-refractivity contribution in [1.82, 2.24) is 5.32 Å². The zero-order chi connectivity index (χ0) is 14.9. The van der Waals surface area contributed by atoms with Crippen LogP contribution in [-0.2, 0) is 6.54 Å². The molecule has 0 unspecified atom stereocenters. The Kier molecular flexibility index (Phi) is 3.88. The van der Waals surface area contributed by atoms with Crippen LogP contribution in [0.4, 0.5) is 11.4 Å². The summed E-state index contributed by atoms with van der Waals surface area (Å²) in [7, 11) is 0. The van der Waals surface area contributed by atoms with Gasteiger partial charge in [-0.1, -0.05) is 30.3 Å². The van der Waals surface area contributed by atoms with Crippen LogP contribution in [0.1, 0.15) is 18.4 Å². The number of benzene rings is 2. The summed E-state index contributed by atoms with van der Waals surface area (Å²) in [5.41, 5.74) is 3.68. The van der Waals surface area contributed by atoms with Gasteiger partial charge >= 0.3 is 0 Å². The summed E-state index contributed by atoms with van der Waals surface area (Å²) < 4.78 is 1.23. The SMILES string of the molecule is Ic1cccc2c1N=C([C@@H]1CCCN1)N(c1ccccc1)C2. The average molecular weight is 403 g/mol. The van der Waals surface area contributed by atoms with E-state index < -0.39 is 0 Å². The number of halogens is 1. The molecule has 0 aromatic heterocycles. The predicted molar refractivity (Wildman–Crippen MR) is 99.9 cm³/mol. The maximum absolute atomic E-state index is 5.06. The number of fused-ring (bicyclic) bond motifs is 1. The van der Waals surface area contributed by atoms with Crippen molar-refractivity contribution in [2.24, 2.45) is 4.99 Å². The van der Waals surface area contributed by atoms with E-state index in [-0.39, 0.29) is 0 Å². The van der Waals surface area contributed by atoms with Gasteiger partial charge in [-0.25, -0.2) is 4.99 Å². The van der Waals surface area contributed by atoms with E-state index in [0.29, 0.717) is 6.04 Å². The van der Waals surface area contributed by atoms with Crippen molar-refractivity contribution in [2.75, 3.05) is 11.4 Å². The number of nitrogens with one attached hydrogen (secondary N) is 1. The summed E-state index contributed by atoms with van der Waals surface area (Å²) in [5, 5.41) is 3.60. The molecule has 0 radical (unpaired) electrons. The molecule has 22 heavy (non-hydrogen) atoms. The van der Waals surface area contributed by atoms with E-state index in [1.807, 2.05) is 0 Å². The second-order valence-electron chi connectivity index (χ2n) is 5.79. The Balaban J connectivity index is 1.81. The first-order valence-electron chi connectivity index (χ1n) is 7.75. The molecule has 2 aromatic carbocycles. The summed E-state index contributed by atoms with van der Waals surface area (Å²) >= 11 is 2.39. The fraction of sp³-hybridized carbons (Fsp3) is 0.278. The van der Waals surface area contributed by atoms with Crippen LogP contribution in [0.15, 0.2) is 53.5 Å². The van der Waals surface area contributed by atoms with Gasteiger partial charge in [-0.15, -0.1) is 0 Å². The molecule has 4 rings (SSSR count). The number of amidine groups is 1. The molecular formula is C18H18IN3. The average Bonchev–Trinajstić information content (AvgIpc) is 3.09. The molecule has 0 bridgehead atoms. The lowest BCUT2D eigenvalue weighted by molar-refractivity contribution is 0.736. The minimum absolute atomic E-state index is 0.365. The summed E-state index contributed by atoms with van der Waals surface area (Å²) in [4.78, 5) is 7.42. The number of hydrogen-bond donors (Lipinski definition) is 1. The first kappa shape index (κ1) is 14.2. The van der Waals surface area contributed by atoms with Crippen LogP contribution in [0.3, 0.4) is 0 Å². The molecule has 112 valence electrons. The first-order chi connectivity index (χ1) is 10.8. The van der Waals surface area contributed by atoms with Gasteiger partial charge in [0, 0.05) is 9.26 Å². The third kappa shape index (κ3) is 2.54. The molecule has 0 spiro atoms. The quantitative estimate of drug-likeness (QED) is 0.765. The van der Waals surface area contributed by atoms with Gasteiger partial charge in [0.1, 0.15) is 5.84 Å². The highest BCUT2D eigenvalue weighted by atomic mass is 127. The van der Waals surface area contributed by atoms with Crippen molar-refractivity contribution >= 4 is 39.8 Å². The van der Waals surface area contributed by atoms with E-state index in [9.17, 15) is 0 Å². The standard InChI is InChI=1S/C18H18IN3/c19-15-9-4-6-13-12-22(14-7-2-1-3-8-14)18(21-17(13)15)16-10-5-11-20-16/h1-4,6-9,16,20H,5,10-12H2/t16-/m0/s1. The Morgan fingerprint density at radius 3 is 2.73 bits per heavy atom. The van der Waals surface area contributed by atoms with E-state index in [2.05, 4.69) is 81.3 Å². The lowest BCUT2D eigenvalue weighted by Gasteiger charge is -2.33. The molecule has 1 saturated heterocycles. The van der Waals surface area contributed by atoms with Crippen LogP contribution >= 0.6 is 22.6 Å². The molecule has 0 amide bonds. The molecule has 2 aliphatic rings. The van der Waals surface area contributed by atoms with Crippen LogP contribution < -0.4 is 10.2 Å². The van der Waals surface area contributed by atoms with Gasteiger partial charge in [0.2, 0.25) is 0 Å². The third-order valence-corrected chi connectivity index (χ3v) is 5.21. The molecule has 4 heteroatoms. The Morgan fingerprint density at radius 1 is 1.09 bits per heavy atom. The Hall–Kier alpha value is -1.40. The Labute approximate surface area is 144 Å². The van der Waals surface area contributed by atoms with E-state index in [1.165, 1.54) is 33.5 Å². The summed E-state index contributed by atoms with van der Waals surface area (Å²) in [6, 6.07) is 17.4. The topological polar surface area (TPSA) is 27.6 Å². The van der Waals surface area contributed by atoms with Crippen molar-refractivity contribution in [3.63, 3.8) is 0 Å². The number of hydrogen-bond acceptors (Lipinski definition) is 3. The number of nitrogens with zero attached hydrogens (tertiary/aromatic N) is 2. The van der Waals surface area contributed by atoms with Crippen LogP contribution in [0.5, 0.6) is 0 Å². The number of rotatable bonds is 2. The fourth-order valence-electron chi connectivity index (χ4n) is 3.24. The number of aliphatic imine (C=N–C) groups is 1. The van der Waals surface area contributed by atoms with Crippen LogP contribution in [0.2, 0.25) is 0 Å². The van der Waals surface area contributed by atoms with E-state index in [1.54, 1.807) is 0 Å². The molecule has 1 fully saturated rings. The van der Waals surface area contributed by atoms with Crippen LogP contribution in [0, 0.1) is 3.57 Å². The normalized spacial score (nSPS) is 20.7. The summed E-state index contributed by atoms with van der Waals surface area (Å²) in [6.45, 7) is 1.98. The highest BCUT2D eigenvalue weighted by Gasteiger charge is 2.30. The second kappa shape index (κ2) is 6.01. The number of para-hydroxylation sites is 2. The lowest BCUT2D eigenvalue weighted by atomic mass is 10.1. The van der Waals surface area contributed by atoms with Crippen LogP contribution in [-0.4, -0.2) is 18.4 Å². The molecule has 2 heterocycles. The molecule has 3 nitrogen and oxygen atoms in total.